The molecule has 39 heavy (non-hydrogen) atoms. The summed E-state index contributed by atoms with van der Waals surface area (Å²) in [7, 11) is 0. The summed E-state index contributed by atoms with van der Waals surface area (Å²) < 4.78 is 228. The molecule has 2 N–H and O–H groups in total. The number of aromatic carboxylic acids is 2. The minimum absolute atomic E-state index is 0.113. The van der Waals surface area contributed by atoms with Gasteiger partial charge in [-0.1, -0.05) is 6.07 Å². The summed E-state index contributed by atoms with van der Waals surface area (Å²) in [6, 6.07) is -2.99. The van der Waals surface area contributed by atoms with Gasteiger partial charge >= 0.3 is 59.7 Å². The van der Waals surface area contributed by atoms with E-state index in [0.717, 1.165) is 0 Å². The van der Waals surface area contributed by atoms with Crippen LogP contribution >= 0.6 is 0 Å². The van der Waals surface area contributed by atoms with Crippen LogP contribution in [0.1, 0.15) is 20.7 Å². The number of carbonyl (C=O) groups is 2. The Hall–Kier alpha value is -3.49. The third-order valence-electron chi connectivity index (χ3n) is 4.45. The van der Waals surface area contributed by atoms with Crippen LogP contribution < -0.4 is 4.74 Å². The quantitative estimate of drug-likeness (QED) is 0.221. The minimum atomic E-state index is -8.77. The van der Waals surface area contributed by atoms with E-state index in [9.17, 15) is 84.2 Å². The predicted molar refractivity (Wildman–Crippen MR) is 86.0 cm³/mol. The van der Waals surface area contributed by atoms with Gasteiger partial charge < -0.3 is 14.9 Å². The molecule has 1 rings (SSSR count). The van der Waals surface area contributed by atoms with Crippen LogP contribution in [0.4, 0.5) is 74.6 Å². The number of benzene rings is 1. The fraction of sp³-hybridized carbons (Fsp3) is 0.412. The first-order chi connectivity index (χ1) is 17.1. The summed E-state index contributed by atoms with van der Waals surface area (Å²) in [5, 5.41) is 17.7. The zero-order chi connectivity index (χ0) is 31.4. The van der Waals surface area contributed by atoms with Crippen LogP contribution in [0.25, 0.3) is 0 Å². The van der Waals surface area contributed by atoms with Gasteiger partial charge in [-0.15, -0.1) is 0 Å². The van der Waals surface area contributed by atoms with Crippen molar-refractivity contribution >= 4 is 11.9 Å². The fourth-order valence-corrected chi connectivity index (χ4v) is 2.38. The Kier molecular flexibility index (Phi) is 8.26. The molecule has 5 nitrogen and oxygen atoms in total. The third kappa shape index (κ3) is 4.87. The van der Waals surface area contributed by atoms with Crippen molar-refractivity contribution in [2.45, 2.75) is 41.7 Å². The van der Waals surface area contributed by atoms with E-state index in [2.05, 4.69) is 4.74 Å². The smallest absolute Gasteiger partial charge is 0.460 e. The third-order valence-corrected chi connectivity index (χ3v) is 4.45. The largest absolute Gasteiger partial charge is 0.478 e. The molecule has 0 aliphatic carbocycles. The lowest BCUT2D eigenvalue weighted by atomic mass is 9.91. The molecule has 0 aromatic heterocycles. The summed E-state index contributed by atoms with van der Waals surface area (Å²) >= 11 is 0. The second kappa shape index (κ2) is 9.61. The van der Waals surface area contributed by atoms with Gasteiger partial charge in [0.25, 0.3) is 0 Å². The topological polar surface area (TPSA) is 83.8 Å². The molecule has 0 aliphatic heterocycles. The van der Waals surface area contributed by atoms with E-state index in [0.29, 0.717) is 12.1 Å². The molecule has 0 radical (unpaired) electrons. The highest BCUT2D eigenvalue weighted by atomic mass is 19.4. The van der Waals surface area contributed by atoms with Crippen molar-refractivity contribution in [3.63, 3.8) is 0 Å². The molecule has 0 amide bonds. The Bertz CT molecular complexity index is 1170. The lowest BCUT2D eigenvalue weighted by Crippen LogP contribution is -2.72. The number of hydrogen-bond donors (Lipinski definition) is 2. The van der Waals surface area contributed by atoms with Gasteiger partial charge in [-0.2, -0.15) is 74.6 Å². The molecule has 0 bridgehead atoms. The number of alkyl halides is 15. The van der Waals surface area contributed by atoms with Gasteiger partial charge in [0, 0.05) is 0 Å². The first-order valence-electron chi connectivity index (χ1n) is 8.72. The fourth-order valence-electron chi connectivity index (χ4n) is 2.38. The van der Waals surface area contributed by atoms with Crippen molar-refractivity contribution in [1.29, 1.82) is 0 Å². The van der Waals surface area contributed by atoms with E-state index in [4.69, 9.17) is 10.2 Å². The average molecular weight is 612 g/mol. The molecule has 0 fully saturated rings. The first-order valence-corrected chi connectivity index (χ1v) is 8.72. The van der Waals surface area contributed by atoms with Crippen LogP contribution in [0.2, 0.25) is 0 Å². The molecule has 0 saturated heterocycles. The van der Waals surface area contributed by atoms with Gasteiger partial charge in [0.2, 0.25) is 5.83 Å². The predicted octanol–water partition coefficient (Wildman–Crippen LogP) is 6.94. The molecule has 1 aromatic carbocycles. The van der Waals surface area contributed by atoms with Crippen LogP contribution in [0, 0.1) is 0 Å². The van der Waals surface area contributed by atoms with Crippen LogP contribution in [-0.4, -0.2) is 63.9 Å². The van der Waals surface area contributed by atoms with E-state index in [1.54, 1.807) is 0 Å². The monoisotopic (exact) mass is 612 g/mol. The van der Waals surface area contributed by atoms with Gasteiger partial charge in [0.15, 0.2) is 0 Å². The number of rotatable bonds is 10. The highest BCUT2D eigenvalue weighted by Crippen LogP contribution is 2.63. The van der Waals surface area contributed by atoms with Gasteiger partial charge in [0.05, 0.1) is 5.56 Å². The van der Waals surface area contributed by atoms with E-state index in [1.165, 1.54) is 0 Å². The summed E-state index contributed by atoms with van der Waals surface area (Å²) in [5.41, 5.74) is -3.13. The van der Waals surface area contributed by atoms with Crippen molar-refractivity contribution < 1.29 is 99.2 Å². The summed E-state index contributed by atoms with van der Waals surface area (Å²) in [6.45, 7) is 0. The molecule has 0 aliphatic rings. The van der Waals surface area contributed by atoms with Crippen molar-refractivity contribution in [1.82, 2.24) is 0 Å². The highest BCUT2D eigenvalue weighted by Gasteiger charge is 2.93. The van der Waals surface area contributed by atoms with Crippen LogP contribution in [0.3, 0.4) is 0 Å². The first kappa shape index (κ1) is 33.5. The van der Waals surface area contributed by atoms with E-state index in [-0.39, 0.29) is 6.07 Å². The lowest BCUT2D eigenvalue weighted by Gasteiger charge is -2.41. The SMILES string of the molecule is O=C(O)c1cccc(OC(F)=C(F)C(F)(F)C(F)(F)C(F)(F)C(F)(F)C(F)(F)C(F)(F)C(F)(F)F)c1C(=O)O. The maximum absolute atomic E-state index is 13.8. The van der Waals surface area contributed by atoms with Gasteiger partial charge in [-0.25, -0.2) is 9.59 Å². The maximum Gasteiger partial charge on any atom is 0.460 e. The zero-order valence-electron chi connectivity index (χ0n) is 17.3. The Morgan fingerprint density at radius 1 is 0.615 bits per heavy atom. The molecule has 0 unspecified atom stereocenters. The second-order valence-electron chi connectivity index (χ2n) is 6.92. The van der Waals surface area contributed by atoms with Crippen molar-refractivity contribution in [3.05, 3.63) is 41.2 Å². The van der Waals surface area contributed by atoms with Crippen molar-refractivity contribution in [2.24, 2.45) is 0 Å². The minimum Gasteiger partial charge on any atom is -0.478 e. The Morgan fingerprint density at radius 2 is 1.03 bits per heavy atom. The van der Waals surface area contributed by atoms with E-state index < -0.39 is 82.4 Å². The number of carboxylic acids is 2. The maximum atomic E-state index is 13.8. The molecule has 0 atom stereocenters. The standard InChI is InChI=1S/C17H5F17O5/c18-7(8(19)39-5-3-1-2-4(9(35)36)6(5)10(37)38)11(20,21)12(22,23)13(24,25)14(26,27)15(28,29)16(30,31)17(32,33)34/h1-3H,(H,35,36)(H,37,38). The molecule has 0 saturated carbocycles. The van der Waals surface area contributed by atoms with Crippen LogP contribution in [0.5, 0.6) is 5.75 Å². The van der Waals surface area contributed by atoms with E-state index in [1.807, 2.05) is 0 Å². The van der Waals surface area contributed by atoms with Gasteiger partial charge in [0.1, 0.15) is 11.3 Å². The average Bonchev–Trinajstić information content (AvgIpc) is 2.76. The lowest BCUT2D eigenvalue weighted by molar-refractivity contribution is -0.451. The summed E-state index contributed by atoms with van der Waals surface area (Å²) in [6.07, 6.45) is -7.87. The zero-order valence-corrected chi connectivity index (χ0v) is 17.3. The number of carboxylic acid groups (broad SMARTS) is 2. The van der Waals surface area contributed by atoms with Crippen LogP contribution in [0.15, 0.2) is 30.0 Å². The van der Waals surface area contributed by atoms with Crippen LogP contribution in [-0.2, 0) is 0 Å². The summed E-state index contributed by atoms with van der Waals surface area (Å²) in [4.78, 5) is 22.1. The Balaban J connectivity index is 3.73. The summed E-state index contributed by atoms with van der Waals surface area (Å²) in [5.74, 6) is -61.9. The molecular weight excluding hydrogens is 607 g/mol. The van der Waals surface area contributed by atoms with Gasteiger partial charge in [-0.05, 0) is 12.1 Å². The Labute approximate surface area is 201 Å². The molecule has 222 valence electrons. The normalized spacial score (nSPS) is 15.1. The number of ether oxygens (including phenoxy) is 1. The molecular formula is C17H5F17O5. The number of halogens is 17. The molecule has 0 heterocycles. The van der Waals surface area contributed by atoms with Crippen molar-refractivity contribution in [2.75, 3.05) is 0 Å². The number of allylic oxidation sites excluding steroid dienone is 1. The Morgan fingerprint density at radius 3 is 1.41 bits per heavy atom. The molecule has 0 spiro atoms. The van der Waals surface area contributed by atoms with Crippen molar-refractivity contribution in [3.8, 4) is 5.75 Å². The molecule has 22 heteroatoms. The van der Waals surface area contributed by atoms with E-state index >= 15 is 0 Å². The highest BCUT2D eigenvalue weighted by molar-refractivity contribution is 6.03. The van der Waals surface area contributed by atoms with Gasteiger partial charge in [-0.3, -0.25) is 0 Å². The number of hydrogen-bond acceptors (Lipinski definition) is 3. The second-order valence-corrected chi connectivity index (χ2v) is 6.92. The molecule has 1 aromatic rings.